The highest BCUT2D eigenvalue weighted by Gasteiger charge is 2.21. The number of aliphatic hydroxyl groups is 1. The number of hydrogen-bond donors (Lipinski definition) is 1. The van der Waals surface area contributed by atoms with Crippen molar-refractivity contribution in [3.05, 3.63) is 40.1 Å². The fourth-order valence-corrected chi connectivity index (χ4v) is 2.97. The Labute approximate surface area is 98.4 Å². The van der Waals surface area contributed by atoms with Gasteiger partial charge in [0.1, 0.15) is 5.01 Å². The average molecular weight is 234 g/mol. The summed E-state index contributed by atoms with van der Waals surface area (Å²) in [5.74, 6) is 0. The van der Waals surface area contributed by atoms with Crippen LogP contribution in [0.2, 0.25) is 0 Å². The zero-order chi connectivity index (χ0) is 11.0. The Morgan fingerprint density at radius 2 is 2.50 bits per heavy atom. The summed E-state index contributed by atoms with van der Waals surface area (Å²) in [6.45, 7) is 0.833. The van der Waals surface area contributed by atoms with Gasteiger partial charge >= 0.3 is 0 Å². The zero-order valence-electron chi connectivity index (χ0n) is 8.97. The van der Waals surface area contributed by atoms with E-state index in [1.165, 1.54) is 5.69 Å². The molecule has 1 unspecified atom stereocenters. The highest BCUT2D eigenvalue weighted by molar-refractivity contribution is 7.09. The van der Waals surface area contributed by atoms with Crippen LogP contribution >= 0.6 is 11.3 Å². The van der Waals surface area contributed by atoms with E-state index in [1.54, 1.807) is 11.3 Å². The lowest BCUT2D eigenvalue weighted by molar-refractivity contribution is 0.156. The highest BCUT2D eigenvalue weighted by Crippen LogP contribution is 2.30. The van der Waals surface area contributed by atoms with Crippen molar-refractivity contribution in [2.24, 2.45) is 0 Å². The van der Waals surface area contributed by atoms with Crippen LogP contribution in [0.5, 0.6) is 0 Å². The first-order valence-corrected chi connectivity index (χ1v) is 6.47. The van der Waals surface area contributed by atoms with Crippen LogP contribution in [0.15, 0.2) is 23.8 Å². The molecular weight excluding hydrogens is 220 g/mol. The monoisotopic (exact) mass is 234 g/mol. The van der Waals surface area contributed by atoms with Crippen LogP contribution in [0.25, 0.3) is 0 Å². The van der Waals surface area contributed by atoms with Crippen LogP contribution in [-0.4, -0.2) is 14.7 Å². The lowest BCUT2D eigenvalue weighted by Gasteiger charge is -2.19. The summed E-state index contributed by atoms with van der Waals surface area (Å²) in [4.78, 5) is 4.29. The van der Waals surface area contributed by atoms with Crippen LogP contribution in [-0.2, 0) is 13.0 Å². The molecule has 1 aliphatic rings. The summed E-state index contributed by atoms with van der Waals surface area (Å²) in [5.41, 5.74) is 2.40. The van der Waals surface area contributed by atoms with Crippen molar-refractivity contribution in [3.63, 3.8) is 0 Å². The van der Waals surface area contributed by atoms with Gasteiger partial charge in [0.05, 0.1) is 12.6 Å². The van der Waals surface area contributed by atoms with Gasteiger partial charge in [-0.3, -0.25) is 0 Å². The molecule has 2 heterocycles. The maximum atomic E-state index is 9.87. The number of fused-ring (bicyclic) bond motifs is 1. The molecule has 0 spiro atoms. The van der Waals surface area contributed by atoms with Crippen molar-refractivity contribution in [2.75, 3.05) is 0 Å². The molecule has 16 heavy (non-hydrogen) atoms. The number of thiazole rings is 1. The Hall–Kier alpha value is -1.13. The average Bonchev–Trinajstić information content (AvgIpc) is 2.90. The number of aromatic nitrogens is 2. The van der Waals surface area contributed by atoms with E-state index in [0.29, 0.717) is 0 Å². The third-order valence-electron chi connectivity index (χ3n) is 3.15. The minimum absolute atomic E-state index is 0.263. The van der Waals surface area contributed by atoms with E-state index in [2.05, 4.69) is 15.7 Å². The molecular formula is C12H14N2OS. The number of aliphatic hydroxyl groups excluding tert-OH is 1. The molecule has 1 atom stereocenters. The molecule has 0 fully saturated rings. The molecule has 0 aliphatic heterocycles. The SMILES string of the molecule is OC1CCCc2c1ccn2Cc1nccs1. The first kappa shape index (κ1) is 10.1. The summed E-state index contributed by atoms with van der Waals surface area (Å²) >= 11 is 1.68. The van der Waals surface area contributed by atoms with E-state index < -0.39 is 0 Å². The molecule has 0 amide bonds. The third kappa shape index (κ3) is 1.68. The van der Waals surface area contributed by atoms with E-state index in [1.807, 2.05) is 17.6 Å². The largest absolute Gasteiger partial charge is 0.388 e. The predicted octanol–water partition coefficient (Wildman–Crippen LogP) is 2.36. The van der Waals surface area contributed by atoms with Gasteiger partial charge in [-0.1, -0.05) is 0 Å². The topological polar surface area (TPSA) is 38.0 Å². The molecule has 2 aromatic rings. The Kier molecular flexibility index (Phi) is 2.53. The van der Waals surface area contributed by atoms with Gasteiger partial charge in [-0.25, -0.2) is 4.98 Å². The molecule has 4 heteroatoms. The number of rotatable bonds is 2. The molecule has 2 aromatic heterocycles. The van der Waals surface area contributed by atoms with Gasteiger partial charge < -0.3 is 9.67 Å². The van der Waals surface area contributed by atoms with Crippen LogP contribution in [0, 0.1) is 0 Å². The van der Waals surface area contributed by atoms with Gasteiger partial charge in [-0.05, 0) is 25.3 Å². The molecule has 0 bridgehead atoms. The Morgan fingerprint density at radius 3 is 3.31 bits per heavy atom. The fraction of sp³-hybridized carbons (Fsp3) is 0.417. The van der Waals surface area contributed by atoms with Crippen LogP contribution < -0.4 is 0 Å². The second-order valence-corrected chi connectivity index (χ2v) is 5.16. The van der Waals surface area contributed by atoms with Crippen molar-refractivity contribution < 1.29 is 5.11 Å². The van der Waals surface area contributed by atoms with Crippen molar-refractivity contribution in [2.45, 2.75) is 31.9 Å². The van der Waals surface area contributed by atoms with Gasteiger partial charge in [-0.2, -0.15) is 0 Å². The van der Waals surface area contributed by atoms with Crippen LogP contribution in [0.4, 0.5) is 0 Å². The number of nitrogens with zero attached hydrogens (tertiary/aromatic N) is 2. The van der Waals surface area contributed by atoms with E-state index in [0.717, 1.165) is 36.4 Å². The zero-order valence-corrected chi connectivity index (χ0v) is 9.78. The van der Waals surface area contributed by atoms with Gasteiger partial charge in [0.25, 0.3) is 0 Å². The van der Waals surface area contributed by atoms with Gasteiger partial charge in [0.2, 0.25) is 0 Å². The van der Waals surface area contributed by atoms with E-state index in [-0.39, 0.29) is 6.10 Å². The second-order valence-electron chi connectivity index (χ2n) is 4.18. The number of hydrogen-bond acceptors (Lipinski definition) is 3. The second kappa shape index (κ2) is 4.03. The molecule has 0 saturated carbocycles. The van der Waals surface area contributed by atoms with Gasteiger partial charge in [0, 0.05) is 29.0 Å². The molecule has 0 radical (unpaired) electrons. The van der Waals surface area contributed by atoms with Crippen molar-refractivity contribution in [1.29, 1.82) is 0 Å². The summed E-state index contributed by atoms with van der Waals surface area (Å²) in [6.07, 6.45) is 6.70. The van der Waals surface area contributed by atoms with E-state index >= 15 is 0 Å². The van der Waals surface area contributed by atoms with Crippen molar-refractivity contribution >= 4 is 11.3 Å². The van der Waals surface area contributed by atoms with E-state index in [4.69, 9.17) is 0 Å². The molecule has 3 nitrogen and oxygen atoms in total. The van der Waals surface area contributed by atoms with Crippen LogP contribution in [0.3, 0.4) is 0 Å². The summed E-state index contributed by atoms with van der Waals surface area (Å²) in [5, 5.41) is 13.0. The Bertz CT molecular complexity index is 475. The quantitative estimate of drug-likeness (QED) is 0.866. The lowest BCUT2D eigenvalue weighted by atomic mass is 9.95. The van der Waals surface area contributed by atoms with Gasteiger partial charge in [-0.15, -0.1) is 11.3 Å². The standard InChI is InChI=1S/C12H14N2OS/c15-11-3-1-2-10-9(11)4-6-14(10)8-12-13-5-7-16-12/h4-7,11,15H,1-3,8H2. The lowest BCUT2D eigenvalue weighted by Crippen LogP contribution is -2.12. The molecule has 1 aliphatic carbocycles. The first-order chi connectivity index (χ1) is 7.84. The van der Waals surface area contributed by atoms with Crippen molar-refractivity contribution in [1.82, 2.24) is 9.55 Å². The molecule has 0 aromatic carbocycles. The third-order valence-corrected chi connectivity index (χ3v) is 3.92. The van der Waals surface area contributed by atoms with E-state index in [9.17, 15) is 5.11 Å². The minimum Gasteiger partial charge on any atom is -0.388 e. The first-order valence-electron chi connectivity index (χ1n) is 5.59. The molecule has 1 N–H and O–H groups in total. The summed E-state index contributed by atoms with van der Waals surface area (Å²) < 4.78 is 2.22. The highest BCUT2D eigenvalue weighted by atomic mass is 32.1. The Morgan fingerprint density at radius 1 is 1.56 bits per heavy atom. The molecule has 0 saturated heterocycles. The van der Waals surface area contributed by atoms with Crippen molar-refractivity contribution in [3.8, 4) is 0 Å². The summed E-state index contributed by atoms with van der Waals surface area (Å²) in [7, 11) is 0. The maximum absolute atomic E-state index is 9.87. The van der Waals surface area contributed by atoms with Crippen LogP contribution in [0.1, 0.15) is 35.2 Å². The minimum atomic E-state index is -0.263. The normalized spacial score (nSPS) is 19.7. The Balaban J connectivity index is 1.91. The maximum Gasteiger partial charge on any atom is 0.112 e. The smallest absolute Gasteiger partial charge is 0.112 e. The fourth-order valence-electron chi connectivity index (χ4n) is 2.36. The summed E-state index contributed by atoms with van der Waals surface area (Å²) in [6, 6.07) is 2.05. The molecule has 3 rings (SSSR count). The molecule has 84 valence electrons. The predicted molar refractivity (Wildman–Crippen MR) is 63.5 cm³/mol. The van der Waals surface area contributed by atoms with Gasteiger partial charge in [0.15, 0.2) is 0 Å².